The molecule has 0 aliphatic heterocycles. The first-order valence-electron chi connectivity index (χ1n) is 17.5. The molecule has 0 radical (unpaired) electrons. The molecule has 0 bridgehead atoms. The molecular weight excluding hydrogens is 619 g/mol. The van der Waals surface area contributed by atoms with E-state index in [2.05, 4.69) is 205 Å². The van der Waals surface area contributed by atoms with Crippen LogP contribution in [0.4, 0.5) is 17.1 Å². The van der Waals surface area contributed by atoms with Gasteiger partial charge in [0.05, 0.1) is 11.1 Å². The second-order valence-electron chi connectivity index (χ2n) is 13.3. The van der Waals surface area contributed by atoms with Crippen LogP contribution in [0.25, 0.3) is 44.2 Å². The zero-order valence-electron chi connectivity index (χ0n) is 27.9. The molecule has 0 unspecified atom stereocenters. The van der Waals surface area contributed by atoms with Crippen LogP contribution in [0.2, 0.25) is 0 Å². The molecule has 1 aliphatic carbocycles. The van der Waals surface area contributed by atoms with Crippen molar-refractivity contribution in [2.75, 3.05) is 4.90 Å². The molecule has 1 aliphatic rings. The quantitative estimate of drug-likeness (QED) is 0.178. The lowest BCUT2D eigenvalue weighted by Crippen LogP contribution is -2.28. The minimum Gasteiger partial charge on any atom is -0.456 e. The second kappa shape index (κ2) is 11.8. The number of para-hydroxylation sites is 2. The number of hydrogen-bond acceptors (Lipinski definition) is 2. The lowest BCUT2D eigenvalue weighted by atomic mass is 9.67. The molecule has 0 atom stereocenters. The van der Waals surface area contributed by atoms with Crippen molar-refractivity contribution >= 4 is 39.0 Å². The molecule has 10 rings (SSSR count). The number of hydrogen-bond donors (Lipinski definition) is 0. The maximum absolute atomic E-state index is 6.86. The fraction of sp³-hybridized carbons (Fsp3) is 0.0204. The highest BCUT2D eigenvalue weighted by molar-refractivity contribution is 6.07. The summed E-state index contributed by atoms with van der Waals surface area (Å²) in [4.78, 5) is 2.33. The lowest BCUT2D eigenvalue weighted by molar-refractivity contribution is 0.665. The molecule has 9 aromatic rings. The normalized spacial score (nSPS) is 12.9. The number of fused-ring (bicyclic) bond motifs is 6. The Morgan fingerprint density at radius 2 is 0.902 bits per heavy atom. The summed E-state index contributed by atoms with van der Waals surface area (Å²) in [6, 6.07) is 71.9. The van der Waals surface area contributed by atoms with Gasteiger partial charge in [0.2, 0.25) is 0 Å². The SMILES string of the molecule is c1ccc(-c2ccccc2N(c2ccccc2)c2ccc3c(c2)oc2cc(C4(c5ccccc5)c5ccccc5-c5ccccc54)ccc23)cc1. The highest BCUT2D eigenvalue weighted by Crippen LogP contribution is 2.56. The van der Waals surface area contributed by atoms with Crippen molar-refractivity contribution in [1.82, 2.24) is 0 Å². The number of benzene rings is 8. The third kappa shape index (κ3) is 4.50. The fourth-order valence-electron chi connectivity index (χ4n) is 8.38. The van der Waals surface area contributed by atoms with Crippen LogP contribution in [0.3, 0.4) is 0 Å². The Hall–Kier alpha value is -6.64. The van der Waals surface area contributed by atoms with E-state index in [0.29, 0.717) is 0 Å². The molecule has 0 N–H and O–H groups in total. The Labute approximate surface area is 297 Å². The average molecular weight is 652 g/mol. The van der Waals surface area contributed by atoms with E-state index in [9.17, 15) is 0 Å². The average Bonchev–Trinajstić information content (AvgIpc) is 3.72. The molecule has 51 heavy (non-hydrogen) atoms. The number of furan rings is 1. The van der Waals surface area contributed by atoms with Gasteiger partial charge in [0.25, 0.3) is 0 Å². The van der Waals surface area contributed by atoms with Gasteiger partial charge in [-0.15, -0.1) is 0 Å². The molecular formula is C49H33NO. The number of anilines is 3. The summed E-state index contributed by atoms with van der Waals surface area (Å²) in [5.74, 6) is 0. The van der Waals surface area contributed by atoms with E-state index in [1.54, 1.807) is 0 Å². The van der Waals surface area contributed by atoms with Gasteiger partial charge in [0.15, 0.2) is 0 Å². The molecule has 0 saturated heterocycles. The summed E-state index contributed by atoms with van der Waals surface area (Å²) in [6.45, 7) is 0. The van der Waals surface area contributed by atoms with Crippen LogP contribution in [-0.2, 0) is 5.41 Å². The van der Waals surface area contributed by atoms with Crippen LogP contribution in [0.1, 0.15) is 22.3 Å². The van der Waals surface area contributed by atoms with Crippen LogP contribution in [0.15, 0.2) is 205 Å². The van der Waals surface area contributed by atoms with Crippen LogP contribution in [0, 0.1) is 0 Å². The maximum Gasteiger partial charge on any atom is 0.137 e. The standard InChI is InChI=1S/C49H33NO/c1-4-16-34(17-5-1)39-22-12-15-27-46(39)50(37-20-8-3-9-21-37)38-29-31-43-42-30-28-36(32-47(42)51-48(43)33-38)49(35-18-6-2-7-19-35)44-25-13-10-23-40(44)41-24-11-14-26-45(41)49/h1-33H. The summed E-state index contributed by atoms with van der Waals surface area (Å²) in [7, 11) is 0. The summed E-state index contributed by atoms with van der Waals surface area (Å²) >= 11 is 0. The Morgan fingerprint density at radius 3 is 1.59 bits per heavy atom. The van der Waals surface area contributed by atoms with Crippen molar-refractivity contribution < 1.29 is 4.42 Å². The highest BCUT2D eigenvalue weighted by Gasteiger charge is 2.46. The van der Waals surface area contributed by atoms with Gasteiger partial charge in [-0.2, -0.15) is 0 Å². The topological polar surface area (TPSA) is 16.4 Å². The van der Waals surface area contributed by atoms with Crippen molar-refractivity contribution in [3.8, 4) is 22.3 Å². The van der Waals surface area contributed by atoms with Gasteiger partial charge in [-0.1, -0.05) is 158 Å². The van der Waals surface area contributed by atoms with E-state index in [-0.39, 0.29) is 0 Å². The first-order chi connectivity index (χ1) is 25.3. The molecule has 1 heterocycles. The third-order valence-corrected chi connectivity index (χ3v) is 10.6. The van der Waals surface area contributed by atoms with Gasteiger partial charge in [-0.25, -0.2) is 0 Å². The van der Waals surface area contributed by atoms with Crippen molar-refractivity contribution in [3.63, 3.8) is 0 Å². The predicted molar refractivity (Wildman–Crippen MR) is 211 cm³/mol. The Bertz CT molecular complexity index is 2650. The molecule has 2 nitrogen and oxygen atoms in total. The largest absolute Gasteiger partial charge is 0.456 e. The van der Waals surface area contributed by atoms with Crippen molar-refractivity contribution in [2.24, 2.45) is 0 Å². The van der Waals surface area contributed by atoms with E-state index in [4.69, 9.17) is 4.42 Å². The van der Waals surface area contributed by atoms with E-state index >= 15 is 0 Å². The first-order valence-corrected chi connectivity index (χ1v) is 17.5. The Kier molecular flexibility index (Phi) is 6.75. The van der Waals surface area contributed by atoms with Crippen LogP contribution in [0.5, 0.6) is 0 Å². The smallest absolute Gasteiger partial charge is 0.137 e. The molecule has 0 fully saturated rings. The van der Waals surface area contributed by atoms with E-state index in [1.165, 1.54) is 44.5 Å². The van der Waals surface area contributed by atoms with E-state index in [1.807, 2.05) is 0 Å². The van der Waals surface area contributed by atoms with Gasteiger partial charge in [-0.05, 0) is 75.3 Å². The molecule has 1 aromatic heterocycles. The number of nitrogens with zero attached hydrogens (tertiary/aromatic N) is 1. The summed E-state index contributed by atoms with van der Waals surface area (Å²) < 4.78 is 6.86. The molecule has 8 aromatic carbocycles. The molecule has 2 heteroatoms. The molecule has 240 valence electrons. The monoisotopic (exact) mass is 651 g/mol. The van der Waals surface area contributed by atoms with E-state index < -0.39 is 5.41 Å². The first kappa shape index (κ1) is 29.3. The predicted octanol–water partition coefficient (Wildman–Crippen LogP) is 13.1. The van der Waals surface area contributed by atoms with Crippen LogP contribution in [-0.4, -0.2) is 0 Å². The fourth-order valence-corrected chi connectivity index (χ4v) is 8.38. The van der Waals surface area contributed by atoms with Crippen molar-refractivity contribution in [3.05, 3.63) is 222 Å². The van der Waals surface area contributed by atoms with Gasteiger partial charge in [-0.3, -0.25) is 0 Å². The number of rotatable bonds is 6. The highest BCUT2D eigenvalue weighted by atomic mass is 16.3. The molecule has 0 amide bonds. The summed E-state index contributed by atoms with van der Waals surface area (Å²) in [6.07, 6.45) is 0. The molecule has 0 spiro atoms. The van der Waals surface area contributed by atoms with Gasteiger partial charge >= 0.3 is 0 Å². The Morgan fingerprint density at radius 1 is 0.373 bits per heavy atom. The van der Waals surface area contributed by atoms with E-state index in [0.717, 1.165) is 39.0 Å². The second-order valence-corrected chi connectivity index (χ2v) is 13.3. The van der Waals surface area contributed by atoms with Crippen molar-refractivity contribution in [1.29, 1.82) is 0 Å². The zero-order valence-corrected chi connectivity index (χ0v) is 27.9. The third-order valence-electron chi connectivity index (χ3n) is 10.6. The van der Waals surface area contributed by atoms with Gasteiger partial charge in [0, 0.05) is 33.8 Å². The Balaban J connectivity index is 1.17. The minimum absolute atomic E-state index is 0.474. The zero-order chi connectivity index (χ0) is 33.8. The minimum atomic E-state index is -0.474. The van der Waals surface area contributed by atoms with Gasteiger partial charge < -0.3 is 9.32 Å². The summed E-state index contributed by atoms with van der Waals surface area (Å²) in [5.41, 5.74) is 14.4. The van der Waals surface area contributed by atoms with Crippen molar-refractivity contribution in [2.45, 2.75) is 5.41 Å². The maximum atomic E-state index is 6.86. The summed E-state index contributed by atoms with van der Waals surface area (Å²) in [5, 5.41) is 2.21. The van der Waals surface area contributed by atoms with Crippen LogP contribution >= 0.6 is 0 Å². The van der Waals surface area contributed by atoms with Gasteiger partial charge in [0.1, 0.15) is 11.2 Å². The lowest BCUT2D eigenvalue weighted by Gasteiger charge is -2.33. The van der Waals surface area contributed by atoms with Crippen LogP contribution < -0.4 is 4.90 Å². The molecule has 0 saturated carbocycles.